The fourth-order valence-electron chi connectivity index (χ4n) is 2.81. The molecular formula is C15H22OS. The first-order chi connectivity index (χ1) is 8.09. The van der Waals surface area contributed by atoms with E-state index in [1.165, 1.54) is 29.7 Å². The molecule has 2 rings (SSSR count). The van der Waals surface area contributed by atoms with E-state index in [9.17, 15) is 0 Å². The Labute approximate surface area is 109 Å². The minimum Gasteiger partial charge on any atom is -0.497 e. The first-order valence-electron chi connectivity index (χ1n) is 6.38. The number of hydrogen-bond acceptors (Lipinski definition) is 2. The molecule has 1 aromatic rings. The van der Waals surface area contributed by atoms with Crippen molar-refractivity contribution in [3.8, 4) is 5.75 Å². The Morgan fingerprint density at radius 3 is 2.82 bits per heavy atom. The molecule has 2 heteroatoms. The van der Waals surface area contributed by atoms with Crippen molar-refractivity contribution in [1.29, 1.82) is 0 Å². The molecule has 0 saturated heterocycles. The van der Waals surface area contributed by atoms with E-state index in [-0.39, 0.29) is 5.41 Å². The summed E-state index contributed by atoms with van der Waals surface area (Å²) in [4.78, 5) is 0. The summed E-state index contributed by atoms with van der Waals surface area (Å²) in [6, 6.07) is 6.56. The minimum atomic E-state index is 0.253. The van der Waals surface area contributed by atoms with Crippen LogP contribution in [0, 0.1) is 0 Å². The Morgan fingerprint density at radius 2 is 2.18 bits per heavy atom. The normalized spacial score (nSPS) is 22.0. The van der Waals surface area contributed by atoms with Gasteiger partial charge in [0.2, 0.25) is 0 Å². The summed E-state index contributed by atoms with van der Waals surface area (Å²) in [5.41, 5.74) is 3.24. The number of aryl methyl sites for hydroxylation is 1. The maximum absolute atomic E-state index is 5.36. The van der Waals surface area contributed by atoms with Crippen LogP contribution in [0.15, 0.2) is 18.2 Å². The van der Waals surface area contributed by atoms with E-state index in [0.717, 1.165) is 11.0 Å². The van der Waals surface area contributed by atoms with Crippen LogP contribution in [0.2, 0.25) is 0 Å². The molecule has 1 aliphatic carbocycles. The van der Waals surface area contributed by atoms with Gasteiger partial charge in [0.25, 0.3) is 0 Å². The van der Waals surface area contributed by atoms with Gasteiger partial charge < -0.3 is 4.74 Å². The summed E-state index contributed by atoms with van der Waals surface area (Å²) in [7, 11) is 1.75. The average Bonchev–Trinajstić information content (AvgIpc) is 2.33. The number of methoxy groups -OCH3 is 1. The van der Waals surface area contributed by atoms with E-state index in [1.807, 2.05) is 0 Å². The average molecular weight is 250 g/mol. The highest BCUT2D eigenvalue weighted by molar-refractivity contribution is 7.99. The summed E-state index contributed by atoms with van der Waals surface area (Å²) < 4.78 is 5.36. The van der Waals surface area contributed by atoms with Gasteiger partial charge in [-0.15, -0.1) is 0 Å². The van der Waals surface area contributed by atoms with Crippen LogP contribution in [-0.2, 0) is 11.8 Å². The van der Waals surface area contributed by atoms with E-state index in [4.69, 9.17) is 4.74 Å². The lowest BCUT2D eigenvalue weighted by molar-refractivity contribution is 0.405. The Kier molecular flexibility index (Phi) is 3.72. The SMILES string of the molecule is CCSC1CCc2ccc(OC)cc2C1(C)C. The molecule has 17 heavy (non-hydrogen) atoms. The monoisotopic (exact) mass is 250 g/mol. The van der Waals surface area contributed by atoms with Gasteiger partial charge in [-0.3, -0.25) is 0 Å². The molecule has 0 spiro atoms. The number of benzene rings is 1. The molecule has 1 nitrogen and oxygen atoms in total. The summed E-state index contributed by atoms with van der Waals surface area (Å²) in [6.45, 7) is 7.00. The molecule has 0 heterocycles. The van der Waals surface area contributed by atoms with Crippen LogP contribution in [0.5, 0.6) is 5.75 Å². The zero-order chi connectivity index (χ0) is 12.5. The zero-order valence-electron chi connectivity index (χ0n) is 11.2. The molecule has 1 atom stereocenters. The lowest BCUT2D eigenvalue weighted by atomic mass is 9.72. The second-order valence-electron chi connectivity index (χ2n) is 5.23. The van der Waals surface area contributed by atoms with Crippen molar-refractivity contribution in [2.45, 2.75) is 44.3 Å². The van der Waals surface area contributed by atoms with E-state index in [2.05, 4.69) is 50.7 Å². The standard InChI is InChI=1S/C15H22OS/c1-5-17-14-9-7-11-6-8-12(16-4)10-13(11)15(14,2)3/h6,8,10,14H,5,7,9H2,1-4H3. The van der Waals surface area contributed by atoms with Crippen molar-refractivity contribution in [3.63, 3.8) is 0 Å². The van der Waals surface area contributed by atoms with Crippen LogP contribution in [0.25, 0.3) is 0 Å². The van der Waals surface area contributed by atoms with Crippen molar-refractivity contribution in [1.82, 2.24) is 0 Å². The van der Waals surface area contributed by atoms with Crippen LogP contribution in [-0.4, -0.2) is 18.1 Å². The first kappa shape index (κ1) is 12.8. The predicted molar refractivity (Wildman–Crippen MR) is 76.3 cm³/mol. The molecule has 0 amide bonds. The highest BCUT2D eigenvalue weighted by atomic mass is 32.2. The molecule has 0 radical (unpaired) electrons. The van der Waals surface area contributed by atoms with Gasteiger partial charge in [-0.2, -0.15) is 11.8 Å². The molecule has 1 aromatic carbocycles. The number of rotatable bonds is 3. The Hall–Kier alpha value is -0.630. The summed E-state index contributed by atoms with van der Waals surface area (Å²) in [6.07, 6.45) is 2.51. The van der Waals surface area contributed by atoms with Gasteiger partial charge in [-0.1, -0.05) is 26.8 Å². The number of hydrogen-bond donors (Lipinski definition) is 0. The van der Waals surface area contributed by atoms with E-state index >= 15 is 0 Å². The van der Waals surface area contributed by atoms with Crippen molar-refractivity contribution < 1.29 is 4.74 Å². The second kappa shape index (κ2) is 4.93. The minimum absolute atomic E-state index is 0.253. The number of ether oxygens (including phenoxy) is 1. The maximum atomic E-state index is 5.36. The Morgan fingerprint density at radius 1 is 1.41 bits per heavy atom. The summed E-state index contributed by atoms with van der Waals surface area (Å²) in [5.74, 6) is 2.19. The predicted octanol–water partition coefficient (Wildman–Crippen LogP) is 4.04. The van der Waals surface area contributed by atoms with Gasteiger partial charge in [0.1, 0.15) is 5.75 Å². The topological polar surface area (TPSA) is 9.23 Å². The molecular weight excluding hydrogens is 228 g/mol. The fraction of sp³-hybridized carbons (Fsp3) is 0.600. The third kappa shape index (κ3) is 2.33. The van der Waals surface area contributed by atoms with Crippen molar-refractivity contribution >= 4 is 11.8 Å². The molecule has 94 valence electrons. The third-order valence-electron chi connectivity index (χ3n) is 3.86. The third-order valence-corrected chi connectivity index (χ3v) is 5.42. The highest BCUT2D eigenvalue weighted by Crippen LogP contribution is 2.43. The molecule has 1 aliphatic rings. The van der Waals surface area contributed by atoms with Gasteiger partial charge >= 0.3 is 0 Å². The fourth-order valence-corrected chi connectivity index (χ4v) is 4.04. The smallest absolute Gasteiger partial charge is 0.119 e. The van der Waals surface area contributed by atoms with E-state index in [1.54, 1.807) is 7.11 Å². The highest BCUT2D eigenvalue weighted by Gasteiger charge is 2.36. The van der Waals surface area contributed by atoms with Gasteiger partial charge in [-0.05, 0) is 41.9 Å². The second-order valence-corrected chi connectivity index (χ2v) is 6.71. The Bertz CT molecular complexity index is 398. The van der Waals surface area contributed by atoms with E-state index < -0.39 is 0 Å². The van der Waals surface area contributed by atoms with Crippen LogP contribution in [0.3, 0.4) is 0 Å². The zero-order valence-corrected chi connectivity index (χ0v) is 12.1. The lowest BCUT2D eigenvalue weighted by Gasteiger charge is -2.40. The number of thioether (sulfide) groups is 1. The molecule has 0 fully saturated rings. The van der Waals surface area contributed by atoms with Crippen molar-refractivity contribution in [2.75, 3.05) is 12.9 Å². The Balaban J connectivity index is 2.39. The van der Waals surface area contributed by atoms with Crippen molar-refractivity contribution in [3.05, 3.63) is 29.3 Å². The van der Waals surface area contributed by atoms with Gasteiger partial charge in [0.05, 0.1) is 7.11 Å². The summed E-state index contributed by atoms with van der Waals surface area (Å²) >= 11 is 2.10. The largest absolute Gasteiger partial charge is 0.497 e. The molecule has 1 unspecified atom stereocenters. The lowest BCUT2D eigenvalue weighted by Crippen LogP contribution is -2.36. The van der Waals surface area contributed by atoms with Crippen LogP contribution < -0.4 is 4.74 Å². The van der Waals surface area contributed by atoms with Crippen LogP contribution in [0.1, 0.15) is 38.3 Å². The van der Waals surface area contributed by atoms with Crippen LogP contribution in [0.4, 0.5) is 0 Å². The van der Waals surface area contributed by atoms with Crippen LogP contribution >= 0.6 is 11.8 Å². The molecule has 0 bridgehead atoms. The molecule has 0 aromatic heterocycles. The first-order valence-corrected chi connectivity index (χ1v) is 7.43. The quantitative estimate of drug-likeness (QED) is 0.800. The van der Waals surface area contributed by atoms with Gasteiger partial charge in [0.15, 0.2) is 0 Å². The van der Waals surface area contributed by atoms with Gasteiger partial charge in [0, 0.05) is 10.7 Å². The van der Waals surface area contributed by atoms with Crippen molar-refractivity contribution in [2.24, 2.45) is 0 Å². The molecule has 0 aliphatic heterocycles. The van der Waals surface area contributed by atoms with E-state index in [0.29, 0.717) is 0 Å². The summed E-state index contributed by atoms with van der Waals surface area (Å²) in [5, 5.41) is 0.729. The maximum Gasteiger partial charge on any atom is 0.119 e. The number of fused-ring (bicyclic) bond motifs is 1. The molecule has 0 saturated carbocycles. The van der Waals surface area contributed by atoms with Gasteiger partial charge in [-0.25, -0.2) is 0 Å². The molecule has 0 N–H and O–H groups in total.